The fourth-order valence-corrected chi connectivity index (χ4v) is 3.38. The number of quaternary nitrogens is 1. The molecular weight excluding hydrogens is 317 g/mol. The number of likely N-dealkylation sites (N-methyl/N-ethyl adjacent to an activating group) is 1. The van der Waals surface area contributed by atoms with E-state index in [0.29, 0.717) is 0 Å². The summed E-state index contributed by atoms with van der Waals surface area (Å²) in [7, 11) is 1.84. The van der Waals surface area contributed by atoms with Gasteiger partial charge in [0.1, 0.15) is 5.82 Å². The van der Waals surface area contributed by atoms with Crippen LogP contribution in [0.5, 0.6) is 0 Å². The van der Waals surface area contributed by atoms with Gasteiger partial charge < -0.3 is 14.7 Å². The first-order valence-electron chi connectivity index (χ1n) is 8.74. The molecule has 1 saturated heterocycles. The number of hydrogen-bond acceptors (Lipinski definition) is 2. The van der Waals surface area contributed by atoms with Gasteiger partial charge in [0.2, 0.25) is 0 Å². The Morgan fingerprint density at radius 1 is 1.08 bits per heavy atom. The largest absolute Gasteiger partial charge is 0.360 e. The minimum atomic E-state index is -0.212. The zero-order valence-electron chi connectivity index (χ0n) is 14.8. The van der Waals surface area contributed by atoms with E-state index in [2.05, 4.69) is 4.90 Å². The molecule has 1 aliphatic rings. The highest BCUT2D eigenvalue weighted by Gasteiger charge is 2.31. The molecule has 3 rings (SSSR count). The van der Waals surface area contributed by atoms with Crippen LogP contribution in [0.3, 0.4) is 0 Å². The number of nitrogens with zero attached hydrogens (tertiary/aromatic N) is 2. The third-order valence-corrected chi connectivity index (χ3v) is 5.05. The Bertz CT molecular complexity index is 697. The second kappa shape index (κ2) is 7.66. The third kappa shape index (κ3) is 3.99. The summed E-state index contributed by atoms with van der Waals surface area (Å²) in [6.07, 6.45) is 0. The van der Waals surface area contributed by atoms with E-state index in [4.69, 9.17) is 0 Å². The number of hydrogen-bond donors (Lipinski definition) is 1. The highest BCUT2D eigenvalue weighted by atomic mass is 19.1. The monoisotopic (exact) mass is 342 g/mol. The molecule has 0 bridgehead atoms. The van der Waals surface area contributed by atoms with Gasteiger partial charge in [0.25, 0.3) is 5.91 Å². The van der Waals surface area contributed by atoms with Crippen LogP contribution >= 0.6 is 0 Å². The number of halogens is 1. The van der Waals surface area contributed by atoms with E-state index in [9.17, 15) is 9.18 Å². The minimum absolute atomic E-state index is 0.0828. The van der Waals surface area contributed by atoms with Gasteiger partial charge >= 0.3 is 0 Å². The van der Waals surface area contributed by atoms with E-state index in [0.717, 1.165) is 37.6 Å². The molecule has 132 valence electrons. The topological polar surface area (TPSA) is 28.0 Å². The molecule has 0 aromatic heterocycles. The molecule has 1 fully saturated rings. The van der Waals surface area contributed by atoms with Crippen molar-refractivity contribution in [3.63, 3.8) is 0 Å². The summed E-state index contributed by atoms with van der Waals surface area (Å²) in [5.74, 6) is -0.0763. The van der Waals surface area contributed by atoms with Crippen LogP contribution in [0.1, 0.15) is 6.92 Å². The molecule has 2 aromatic carbocycles. The Morgan fingerprint density at radius 2 is 1.68 bits per heavy atom. The molecule has 0 spiro atoms. The number of amides is 1. The van der Waals surface area contributed by atoms with Gasteiger partial charge in [-0.05, 0) is 43.3 Å². The lowest BCUT2D eigenvalue weighted by Gasteiger charge is -2.37. The Kier molecular flexibility index (Phi) is 5.34. The summed E-state index contributed by atoms with van der Waals surface area (Å²) in [5, 5.41) is 0. The Balaban J connectivity index is 1.58. The molecule has 0 radical (unpaired) electrons. The van der Waals surface area contributed by atoms with Crippen molar-refractivity contribution >= 4 is 17.3 Å². The van der Waals surface area contributed by atoms with Crippen LogP contribution in [0, 0.1) is 5.82 Å². The minimum Gasteiger partial charge on any atom is -0.360 e. The lowest BCUT2D eigenvalue weighted by molar-refractivity contribution is -0.914. The van der Waals surface area contributed by atoms with Gasteiger partial charge in [-0.2, -0.15) is 0 Å². The van der Waals surface area contributed by atoms with Crippen molar-refractivity contribution in [3.8, 4) is 0 Å². The van der Waals surface area contributed by atoms with Crippen LogP contribution < -0.4 is 14.7 Å². The fourth-order valence-electron chi connectivity index (χ4n) is 3.38. The molecule has 1 amide bonds. The van der Waals surface area contributed by atoms with E-state index >= 15 is 0 Å². The fraction of sp³-hybridized carbons (Fsp3) is 0.350. The maximum atomic E-state index is 13.1. The van der Waals surface area contributed by atoms with Crippen molar-refractivity contribution < 1.29 is 14.1 Å². The summed E-state index contributed by atoms with van der Waals surface area (Å²) in [6.45, 7) is 5.53. The lowest BCUT2D eigenvalue weighted by Crippen LogP contribution is -3.19. The van der Waals surface area contributed by atoms with Crippen molar-refractivity contribution in [3.05, 3.63) is 60.4 Å². The first-order chi connectivity index (χ1) is 12.1. The Morgan fingerprint density at radius 3 is 2.28 bits per heavy atom. The summed E-state index contributed by atoms with van der Waals surface area (Å²) in [6, 6.07) is 16.3. The molecule has 1 aliphatic heterocycles. The smallest absolute Gasteiger partial charge is 0.284 e. The molecule has 1 N–H and O–H groups in total. The first kappa shape index (κ1) is 17.4. The van der Waals surface area contributed by atoms with Crippen molar-refractivity contribution in [2.45, 2.75) is 13.0 Å². The predicted octanol–water partition coefficient (Wildman–Crippen LogP) is 1.58. The maximum absolute atomic E-state index is 13.1. The van der Waals surface area contributed by atoms with Gasteiger partial charge in [0, 0.05) is 18.4 Å². The van der Waals surface area contributed by atoms with E-state index in [-0.39, 0.29) is 17.8 Å². The average Bonchev–Trinajstić information content (AvgIpc) is 2.67. The molecule has 4 nitrogen and oxygen atoms in total. The third-order valence-electron chi connectivity index (χ3n) is 5.05. The number of benzene rings is 2. The highest BCUT2D eigenvalue weighted by Crippen LogP contribution is 2.15. The molecule has 1 atom stereocenters. The van der Waals surface area contributed by atoms with Gasteiger partial charge in [-0.15, -0.1) is 0 Å². The molecule has 0 saturated carbocycles. The summed E-state index contributed by atoms with van der Waals surface area (Å²) in [5.41, 5.74) is 1.96. The molecule has 0 aliphatic carbocycles. The van der Waals surface area contributed by atoms with Crippen molar-refractivity contribution in [1.82, 2.24) is 0 Å². The standard InChI is InChI=1S/C20H24FN3O/c1-16(20(25)22(2)18-6-4-3-5-7-18)23-12-14-24(15-13-23)19-10-8-17(21)9-11-19/h3-11,16H,12-15H2,1-2H3/p+1/t16-/m1/s1. The number of rotatable bonds is 4. The SMILES string of the molecule is C[C@H](C(=O)N(C)c1ccccc1)[NH+]1CCN(c2ccc(F)cc2)CC1. The molecular formula is C20H25FN3O+. The van der Waals surface area contributed by atoms with Crippen molar-refractivity contribution in [2.24, 2.45) is 0 Å². The Hall–Kier alpha value is -2.40. The summed E-state index contributed by atoms with van der Waals surface area (Å²) >= 11 is 0. The number of piperazine rings is 1. The molecule has 0 unspecified atom stereocenters. The second-order valence-corrected chi connectivity index (χ2v) is 6.58. The van der Waals surface area contributed by atoms with Crippen LogP contribution in [-0.2, 0) is 4.79 Å². The van der Waals surface area contributed by atoms with Crippen molar-refractivity contribution in [2.75, 3.05) is 43.0 Å². The zero-order valence-corrected chi connectivity index (χ0v) is 14.8. The average molecular weight is 342 g/mol. The van der Waals surface area contributed by atoms with E-state index in [1.165, 1.54) is 17.0 Å². The van der Waals surface area contributed by atoms with Gasteiger partial charge in [-0.1, -0.05) is 18.2 Å². The quantitative estimate of drug-likeness (QED) is 0.914. The summed E-state index contributed by atoms with van der Waals surface area (Å²) < 4.78 is 13.1. The number of carbonyl (C=O) groups is 1. The zero-order chi connectivity index (χ0) is 17.8. The summed E-state index contributed by atoms with van der Waals surface area (Å²) in [4.78, 5) is 18.1. The van der Waals surface area contributed by atoms with Crippen LogP contribution in [0.4, 0.5) is 15.8 Å². The van der Waals surface area contributed by atoms with Gasteiger partial charge in [0.05, 0.1) is 26.2 Å². The van der Waals surface area contributed by atoms with E-state index in [1.807, 2.05) is 56.4 Å². The van der Waals surface area contributed by atoms with Crippen LogP contribution in [0.25, 0.3) is 0 Å². The Labute approximate surface area is 148 Å². The van der Waals surface area contributed by atoms with Crippen molar-refractivity contribution in [1.29, 1.82) is 0 Å². The highest BCUT2D eigenvalue weighted by molar-refractivity contribution is 5.95. The van der Waals surface area contributed by atoms with E-state index < -0.39 is 0 Å². The predicted molar refractivity (Wildman–Crippen MR) is 98.6 cm³/mol. The molecule has 2 aromatic rings. The second-order valence-electron chi connectivity index (χ2n) is 6.58. The first-order valence-corrected chi connectivity index (χ1v) is 8.74. The van der Waals surface area contributed by atoms with Gasteiger partial charge in [0.15, 0.2) is 6.04 Å². The van der Waals surface area contributed by atoms with E-state index in [1.54, 1.807) is 4.90 Å². The molecule has 25 heavy (non-hydrogen) atoms. The van der Waals surface area contributed by atoms with Crippen LogP contribution in [0.15, 0.2) is 54.6 Å². The van der Waals surface area contributed by atoms with Crippen LogP contribution in [-0.4, -0.2) is 45.2 Å². The van der Waals surface area contributed by atoms with Gasteiger partial charge in [-0.25, -0.2) is 4.39 Å². The molecule has 5 heteroatoms. The molecule has 1 heterocycles. The maximum Gasteiger partial charge on any atom is 0.284 e. The number of anilines is 2. The normalized spacial score (nSPS) is 16.5. The lowest BCUT2D eigenvalue weighted by atomic mass is 10.1. The number of nitrogens with one attached hydrogen (secondary N) is 1. The number of carbonyl (C=O) groups excluding carboxylic acids is 1. The number of para-hydroxylation sites is 1. The van der Waals surface area contributed by atoms with Gasteiger partial charge in [-0.3, -0.25) is 4.79 Å². The van der Waals surface area contributed by atoms with Crippen LogP contribution in [0.2, 0.25) is 0 Å².